The highest BCUT2D eigenvalue weighted by Crippen LogP contribution is 2.30. The molecule has 3 rings (SSSR count). The molecule has 2 unspecified atom stereocenters. The van der Waals surface area contributed by atoms with E-state index in [4.69, 9.17) is 0 Å². The molecule has 1 aromatic carbocycles. The first-order valence-electron chi connectivity index (χ1n) is 9.21. The summed E-state index contributed by atoms with van der Waals surface area (Å²) in [5, 5.41) is 12.7. The Balaban J connectivity index is 1.70. The number of allylic oxidation sites excluding steroid dienone is 2. The predicted molar refractivity (Wildman–Crippen MR) is 96.9 cm³/mol. The van der Waals surface area contributed by atoms with Gasteiger partial charge in [-0.25, -0.2) is 4.39 Å². The van der Waals surface area contributed by atoms with Crippen molar-refractivity contribution in [3.63, 3.8) is 0 Å². The lowest BCUT2D eigenvalue weighted by atomic mass is 10.0. The van der Waals surface area contributed by atoms with Crippen LogP contribution in [0.3, 0.4) is 0 Å². The average Bonchev–Trinajstić information content (AvgIpc) is 3.08. The van der Waals surface area contributed by atoms with Gasteiger partial charge in [0.2, 0.25) is 5.91 Å². The van der Waals surface area contributed by atoms with Gasteiger partial charge in [-0.3, -0.25) is 4.79 Å². The molecule has 1 amide bonds. The molecule has 0 saturated carbocycles. The van der Waals surface area contributed by atoms with Crippen LogP contribution in [0.1, 0.15) is 50.6 Å². The summed E-state index contributed by atoms with van der Waals surface area (Å²) >= 11 is 0. The summed E-state index contributed by atoms with van der Waals surface area (Å²) in [6.45, 7) is 3.39. The molecule has 5 heteroatoms. The number of piperidine rings is 1. The minimum Gasteiger partial charge on any atom is -0.393 e. The topological polar surface area (TPSA) is 52.6 Å². The SMILES string of the molecule is CC(NC(=O)CC1C=CCC1)c1cc(F)ccc1N1CCC(O)CC1. The second kappa shape index (κ2) is 8.00. The smallest absolute Gasteiger partial charge is 0.221 e. The van der Waals surface area contributed by atoms with E-state index in [1.807, 2.05) is 6.92 Å². The van der Waals surface area contributed by atoms with Gasteiger partial charge in [0.05, 0.1) is 12.1 Å². The maximum Gasteiger partial charge on any atom is 0.221 e. The number of aliphatic hydroxyl groups excluding tert-OH is 1. The lowest BCUT2D eigenvalue weighted by molar-refractivity contribution is -0.122. The number of hydrogen-bond donors (Lipinski definition) is 2. The largest absolute Gasteiger partial charge is 0.393 e. The number of nitrogens with zero attached hydrogens (tertiary/aromatic N) is 1. The molecule has 2 N–H and O–H groups in total. The summed E-state index contributed by atoms with van der Waals surface area (Å²) in [5.41, 5.74) is 1.74. The summed E-state index contributed by atoms with van der Waals surface area (Å²) in [6.07, 6.45) is 7.97. The van der Waals surface area contributed by atoms with Crippen molar-refractivity contribution in [3.05, 3.63) is 41.7 Å². The second-order valence-electron chi connectivity index (χ2n) is 7.18. The average molecular weight is 346 g/mol. The van der Waals surface area contributed by atoms with Crippen molar-refractivity contribution >= 4 is 11.6 Å². The molecule has 1 fully saturated rings. The van der Waals surface area contributed by atoms with Crippen LogP contribution < -0.4 is 10.2 Å². The van der Waals surface area contributed by atoms with Crippen molar-refractivity contribution in [1.29, 1.82) is 0 Å². The fraction of sp³-hybridized carbons (Fsp3) is 0.550. The van der Waals surface area contributed by atoms with Gasteiger partial charge in [0, 0.05) is 30.8 Å². The Bertz CT molecular complexity index is 639. The van der Waals surface area contributed by atoms with E-state index in [1.165, 1.54) is 12.1 Å². The summed E-state index contributed by atoms with van der Waals surface area (Å²) in [4.78, 5) is 14.5. The van der Waals surface area contributed by atoms with E-state index in [-0.39, 0.29) is 23.9 Å². The quantitative estimate of drug-likeness (QED) is 0.804. The third-order valence-corrected chi connectivity index (χ3v) is 5.20. The molecule has 2 aliphatic rings. The molecule has 1 heterocycles. The Kier molecular flexibility index (Phi) is 5.74. The zero-order chi connectivity index (χ0) is 17.8. The molecule has 4 nitrogen and oxygen atoms in total. The van der Waals surface area contributed by atoms with Crippen LogP contribution in [0.15, 0.2) is 30.4 Å². The normalized spacial score (nSPS) is 22.2. The highest BCUT2D eigenvalue weighted by Gasteiger charge is 2.23. The molecule has 25 heavy (non-hydrogen) atoms. The first kappa shape index (κ1) is 17.9. The van der Waals surface area contributed by atoms with E-state index in [0.717, 1.165) is 37.2 Å². The van der Waals surface area contributed by atoms with Crippen LogP contribution in [0.5, 0.6) is 0 Å². The van der Waals surface area contributed by atoms with Gasteiger partial charge in [0.1, 0.15) is 5.82 Å². The van der Waals surface area contributed by atoms with Gasteiger partial charge in [0.15, 0.2) is 0 Å². The minimum atomic E-state index is -0.296. The monoisotopic (exact) mass is 346 g/mol. The fourth-order valence-electron chi connectivity index (χ4n) is 3.75. The van der Waals surface area contributed by atoms with Gasteiger partial charge in [-0.2, -0.15) is 0 Å². The summed E-state index contributed by atoms with van der Waals surface area (Å²) in [6, 6.07) is 4.50. The zero-order valence-corrected chi connectivity index (χ0v) is 14.7. The summed E-state index contributed by atoms with van der Waals surface area (Å²) in [5.74, 6) is 0.0340. The summed E-state index contributed by atoms with van der Waals surface area (Å²) in [7, 11) is 0. The Morgan fingerprint density at radius 1 is 1.36 bits per heavy atom. The number of carbonyl (C=O) groups excluding carboxylic acids is 1. The van der Waals surface area contributed by atoms with Crippen LogP contribution in [-0.2, 0) is 4.79 Å². The number of nitrogens with one attached hydrogen (secondary N) is 1. The van der Waals surface area contributed by atoms with E-state index >= 15 is 0 Å². The van der Waals surface area contributed by atoms with Crippen molar-refractivity contribution in [2.24, 2.45) is 5.92 Å². The number of rotatable bonds is 5. The molecule has 1 aliphatic carbocycles. The van der Waals surface area contributed by atoms with Crippen molar-refractivity contribution in [1.82, 2.24) is 5.32 Å². The highest BCUT2D eigenvalue weighted by atomic mass is 19.1. The van der Waals surface area contributed by atoms with Gasteiger partial charge in [-0.1, -0.05) is 12.2 Å². The van der Waals surface area contributed by atoms with Crippen LogP contribution >= 0.6 is 0 Å². The minimum absolute atomic E-state index is 0.00771. The van der Waals surface area contributed by atoms with E-state index in [1.54, 1.807) is 6.07 Å². The second-order valence-corrected chi connectivity index (χ2v) is 7.18. The van der Waals surface area contributed by atoms with Crippen LogP contribution in [0.4, 0.5) is 10.1 Å². The number of anilines is 1. The molecule has 1 aliphatic heterocycles. The number of hydrogen-bond acceptors (Lipinski definition) is 3. The lowest BCUT2D eigenvalue weighted by Gasteiger charge is -2.34. The number of carbonyl (C=O) groups is 1. The maximum atomic E-state index is 13.8. The number of halogens is 1. The maximum absolute atomic E-state index is 13.8. The number of aliphatic hydroxyl groups is 1. The third-order valence-electron chi connectivity index (χ3n) is 5.20. The molecule has 1 saturated heterocycles. The van der Waals surface area contributed by atoms with E-state index in [0.29, 0.717) is 25.2 Å². The molecule has 0 radical (unpaired) electrons. The molecule has 2 atom stereocenters. The van der Waals surface area contributed by atoms with Gasteiger partial charge in [-0.05, 0) is 56.7 Å². The first-order valence-corrected chi connectivity index (χ1v) is 9.21. The Morgan fingerprint density at radius 2 is 2.12 bits per heavy atom. The molecule has 1 aromatic rings. The van der Waals surface area contributed by atoms with E-state index in [2.05, 4.69) is 22.4 Å². The van der Waals surface area contributed by atoms with Gasteiger partial charge >= 0.3 is 0 Å². The van der Waals surface area contributed by atoms with Crippen molar-refractivity contribution < 1.29 is 14.3 Å². The Labute approximate surface area is 148 Å². The highest BCUT2D eigenvalue weighted by molar-refractivity contribution is 5.77. The van der Waals surface area contributed by atoms with Gasteiger partial charge in [0.25, 0.3) is 0 Å². The number of amides is 1. The Morgan fingerprint density at radius 3 is 2.80 bits per heavy atom. The van der Waals surface area contributed by atoms with Gasteiger partial charge in [-0.15, -0.1) is 0 Å². The van der Waals surface area contributed by atoms with Crippen LogP contribution in [-0.4, -0.2) is 30.2 Å². The van der Waals surface area contributed by atoms with Crippen LogP contribution in [0.25, 0.3) is 0 Å². The van der Waals surface area contributed by atoms with E-state index < -0.39 is 0 Å². The Hall–Kier alpha value is -1.88. The van der Waals surface area contributed by atoms with Crippen LogP contribution in [0.2, 0.25) is 0 Å². The molecule has 0 spiro atoms. The lowest BCUT2D eigenvalue weighted by Crippen LogP contribution is -2.37. The van der Waals surface area contributed by atoms with Crippen molar-refractivity contribution in [2.75, 3.05) is 18.0 Å². The zero-order valence-electron chi connectivity index (χ0n) is 14.7. The standard InChI is InChI=1S/C20H27FN2O2/c1-14(22-20(25)12-15-4-2-3-5-15)18-13-16(21)6-7-19(18)23-10-8-17(24)9-11-23/h2,4,6-7,13-15,17,24H,3,5,8-12H2,1H3,(H,22,25). The van der Waals surface area contributed by atoms with Crippen molar-refractivity contribution in [3.8, 4) is 0 Å². The first-order chi connectivity index (χ1) is 12.0. The predicted octanol–water partition coefficient (Wildman–Crippen LogP) is 3.32. The number of benzene rings is 1. The third kappa shape index (κ3) is 4.60. The molecular weight excluding hydrogens is 319 g/mol. The van der Waals surface area contributed by atoms with E-state index in [9.17, 15) is 14.3 Å². The molecule has 136 valence electrons. The molecular formula is C20H27FN2O2. The fourth-order valence-corrected chi connectivity index (χ4v) is 3.75. The summed E-state index contributed by atoms with van der Waals surface area (Å²) < 4.78 is 13.8. The van der Waals surface area contributed by atoms with Gasteiger partial charge < -0.3 is 15.3 Å². The molecule has 0 bridgehead atoms. The molecule has 0 aromatic heterocycles. The van der Waals surface area contributed by atoms with Crippen molar-refractivity contribution in [2.45, 2.75) is 51.2 Å². The van der Waals surface area contributed by atoms with Crippen LogP contribution in [0, 0.1) is 11.7 Å².